The Labute approximate surface area is 691 Å². The lowest BCUT2D eigenvalue weighted by Gasteiger charge is -2.51. The highest BCUT2D eigenvalue weighted by Gasteiger charge is 2.61. The molecular formula is C68H114N4O50. The number of carbonyl (C=O) groups excluding carboxylic acids is 4. The number of carbonyl (C=O) groups is 4. The molecule has 50 atom stereocenters. The average Bonchev–Trinajstić information content (AvgIpc) is 0.774. The molecule has 10 heterocycles. The Hall–Kier alpha value is -3.96. The first-order valence-corrected chi connectivity index (χ1v) is 39.0. The first-order chi connectivity index (χ1) is 57.6. The van der Waals surface area contributed by atoms with Crippen LogP contribution in [0.3, 0.4) is 0 Å². The van der Waals surface area contributed by atoms with E-state index in [0.29, 0.717) is 0 Å². The van der Waals surface area contributed by atoms with Gasteiger partial charge in [0.25, 0.3) is 0 Å². The Morgan fingerprint density at radius 3 is 0.926 bits per heavy atom. The van der Waals surface area contributed by atoms with Gasteiger partial charge in [0.05, 0.1) is 65.6 Å². The molecule has 0 aromatic heterocycles. The fraction of sp³-hybridized carbons (Fsp3) is 0.941. The van der Waals surface area contributed by atoms with Gasteiger partial charge in [-0.3, -0.25) is 19.2 Å². The minimum atomic E-state index is -2.59. The molecule has 31 N–H and O–H groups in total. The molecule has 0 spiro atoms. The van der Waals surface area contributed by atoms with Crippen molar-refractivity contribution in [3.05, 3.63) is 0 Å². The second kappa shape index (κ2) is 43.6. The molecule has 54 nitrogen and oxygen atoms in total. The van der Waals surface area contributed by atoms with E-state index in [-0.39, 0.29) is 0 Å². The topological polar surface area (TPSA) is 838 Å². The number of ether oxygens (including phenoxy) is 19. The van der Waals surface area contributed by atoms with E-state index in [9.17, 15) is 157 Å². The highest BCUT2D eigenvalue weighted by atomic mass is 16.8. The van der Waals surface area contributed by atoms with E-state index in [4.69, 9.17) is 90.0 Å². The van der Waals surface area contributed by atoms with Gasteiger partial charge in [-0.05, 0) is 6.92 Å². The molecule has 0 aliphatic carbocycles. The van der Waals surface area contributed by atoms with Crippen molar-refractivity contribution in [3.8, 4) is 0 Å². The smallest absolute Gasteiger partial charge is 0.217 e. The van der Waals surface area contributed by atoms with Crippen molar-refractivity contribution in [2.75, 3.05) is 59.5 Å². The fourth-order valence-electron chi connectivity index (χ4n) is 15.7. The summed E-state index contributed by atoms with van der Waals surface area (Å²) in [4.78, 5) is 51.3. The lowest BCUT2D eigenvalue weighted by molar-refractivity contribution is -0.397. The Morgan fingerprint density at radius 1 is 0.230 bits per heavy atom. The third-order valence-corrected chi connectivity index (χ3v) is 22.4. The van der Waals surface area contributed by atoms with Crippen LogP contribution < -0.4 is 21.3 Å². The molecule has 10 saturated heterocycles. The maximum Gasteiger partial charge on any atom is 0.217 e. The summed E-state index contributed by atoms with van der Waals surface area (Å²) in [6.07, 6.45) is -93.7. The maximum atomic E-state index is 13.2. The van der Waals surface area contributed by atoms with Crippen molar-refractivity contribution < 1.29 is 247 Å². The van der Waals surface area contributed by atoms with E-state index >= 15 is 0 Å². The standard InChI is InChI=1S/C68H114N4O50/c1-15-33(83)43(93)48(98)63(107-15)106-14-28-56(39(89)29(59(103)108-28)69-16(2)79)117-61-31(71-18(4)81)41(91)55(25(11-78)113-61)120-67-52(102)57(121-68-58(47(97)36(86)22(8-75)111-68)122-62-32(72-19(5)82)42(92)54(24(10-77)114-62)119-66-51(101)45(95)35(85)21(7-74)110-66)38(88)27(116-67)13-105-64-49(99)46(96)37(87)26(115-64)12-104-60-30(70-17(3)80)40(90)53(23(9-76)112-60)118-65-50(100)44(94)34(84)20(6-73)109-65/h15,20-68,73-78,83-103H,6-14H2,1-5H3,(H,69,79)(H,70,80)(H,71,81)(H,72,82)/t15-,20+,21+,22+,23+,24+,25+,26+,27+,28+,29+,30+,31+,32+,33+,34-,35-,36+,37+,38+,39+,40+,41+,42+,43+,44-,45-,46-,47-,48-,49-,50+,51+,52-,53+,54+,55+,56+,57-,58-,59?,60+,61-,62-,63+,64-,65-,66-,67-,68+/m0/s1. The zero-order valence-corrected chi connectivity index (χ0v) is 65.7. The Kier molecular flexibility index (Phi) is 35.8. The molecule has 10 aliphatic heterocycles. The zero-order valence-electron chi connectivity index (χ0n) is 65.7. The number of aliphatic hydroxyl groups is 27. The van der Waals surface area contributed by atoms with Crippen LogP contribution in [0.15, 0.2) is 0 Å². The first kappa shape index (κ1) is 100. The van der Waals surface area contributed by atoms with Crippen LogP contribution in [0.4, 0.5) is 0 Å². The Morgan fingerprint density at radius 2 is 0.500 bits per heavy atom. The fourth-order valence-corrected chi connectivity index (χ4v) is 15.7. The molecule has 0 aromatic rings. The maximum absolute atomic E-state index is 13.2. The lowest BCUT2D eigenvalue weighted by Crippen LogP contribution is -2.71. The quantitative estimate of drug-likeness (QED) is 0.0306. The summed E-state index contributed by atoms with van der Waals surface area (Å²) in [5, 5.41) is 309. The second-order valence-electron chi connectivity index (χ2n) is 31.0. The molecule has 0 saturated carbocycles. The van der Waals surface area contributed by atoms with Crippen LogP contribution in [0.2, 0.25) is 0 Å². The lowest BCUT2D eigenvalue weighted by atomic mass is 9.93. The van der Waals surface area contributed by atoms with Crippen molar-refractivity contribution >= 4 is 23.6 Å². The van der Waals surface area contributed by atoms with E-state index in [2.05, 4.69) is 21.3 Å². The summed E-state index contributed by atoms with van der Waals surface area (Å²) in [6.45, 7) is -4.36. The Bertz CT molecular complexity index is 3290. The van der Waals surface area contributed by atoms with Crippen LogP contribution in [0.5, 0.6) is 0 Å². The van der Waals surface area contributed by atoms with Crippen LogP contribution in [0, 0.1) is 0 Å². The highest BCUT2D eigenvalue weighted by molar-refractivity contribution is 5.74. The van der Waals surface area contributed by atoms with Crippen LogP contribution in [0.25, 0.3) is 0 Å². The van der Waals surface area contributed by atoms with E-state index in [0.717, 1.165) is 27.7 Å². The molecule has 1 unspecified atom stereocenters. The van der Waals surface area contributed by atoms with Gasteiger partial charge in [0.2, 0.25) is 23.6 Å². The summed E-state index contributed by atoms with van der Waals surface area (Å²) in [6, 6.07) is -7.45. The van der Waals surface area contributed by atoms with Gasteiger partial charge >= 0.3 is 0 Å². The minimum Gasteiger partial charge on any atom is -0.394 e. The molecule has 0 aromatic carbocycles. The number of hydrogen-bond donors (Lipinski definition) is 31. The molecule has 4 amide bonds. The number of nitrogens with one attached hydrogen (secondary N) is 4. The third-order valence-electron chi connectivity index (χ3n) is 22.4. The average molecular weight is 1790 g/mol. The van der Waals surface area contributed by atoms with Gasteiger partial charge in [0.15, 0.2) is 62.9 Å². The van der Waals surface area contributed by atoms with Gasteiger partial charge in [0, 0.05) is 27.7 Å². The van der Waals surface area contributed by atoms with Crippen molar-refractivity contribution in [1.29, 1.82) is 0 Å². The first-order valence-electron chi connectivity index (χ1n) is 39.0. The van der Waals surface area contributed by atoms with Gasteiger partial charge in [-0.15, -0.1) is 0 Å². The monoisotopic (exact) mass is 1790 g/mol. The minimum absolute atomic E-state index is 0.839. The molecule has 0 radical (unpaired) electrons. The van der Waals surface area contributed by atoms with Crippen LogP contribution in [0.1, 0.15) is 34.6 Å². The summed E-state index contributed by atoms with van der Waals surface area (Å²) in [7, 11) is 0. The predicted octanol–water partition coefficient (Wildman–Crippen LogP) is -21.2. The third kappa shape index (κ3) is 22.2. The SMILES string of the molecule is CC(=O)N[C@H]1[C@H](O[C@H]2[C@H](O)[C@@H](NC(C)=O)C(O)O[C@@H]2CO[C@@H]2O[C@@H](C)[C@@H](O)[C@@H](O)[C@@H]2O)O[C@H](CO)[C@@H](O[C@@H]2O[C@H](CO[C@H]3O[C@H](CO[C@@H]4O[C@H](CO)[C@@H](O[C@@H]5O[C@H](CO)[C@H](O)[C@H](O)[C@H]5O)[C@H](O)[C@H]4NC(C)=O)[C@@H](O)[C@H](O)[C@@H]3O)[C@@H](O)[C@H](O[C@H]3O[C@H](CO)[C@@H](O)[C@H](O)[C@@H]3O[C@@H]3O[C@H](CO)[C@@H](O[C@@H]4O[C@H](CO)[C@H](O)[C@H](O)[C@H]4O)[C@H](O)[C@H]3NC(C)=O)[C@@H]2O)[C@@H]1O. The summed E-state index contributed by atoms with van der Waals surface area (Å²) < 4.78 is 112. The van der Waals surface area contributed by atoms with E-state index in [1.165, 1.54) is 6.92 Å². The molecular weight excluding hydrogens is 1670 g/mol. The molecule has 122 heavy (non-hydrogen) atoms. The summed E-state index contributed by atoms with van der Waals surface area (Å²) in [5.74, 6) is -3.64. The number of rotatable bonds is 31. The van der Waals surface area contributed by atoms with Crippen molar-refractivity contribution in [2.45, 2.75) is 341 Å². The molecule has 0 bridgehead atoms. The van der Waals surface area contributed by atoms with Crippen molar-refractivity contribution in [2.24, 2.45) is 0 Å². The molecule has 10 rings (SSSR count). The van der Waals surface area contributed by atoms with Gasteiger partial charge in [-0.2, -0.15) is 0 Å². The largest absolute Gasteiger partial charge is 0.394 e. The molecule has 10 fully saturated rings. The second-order valence-corrected chi connectivity index (χ2v) is 31.0. The van der Waals surface area contributed by atoms with E-state index in [1.807, 2.05) is 0 Å². The summed E-state index contributed by atoms with van der Waals surface area (Å²) >= 11 is 0. The van der Waals surface area contributed by atoms with Crippen molar-refractivity contribution in [1.82, 2.24) is 21.3 Å². The molecule has 54 heteroatoms. The Balaban J connectivity index is 0.943. The normalized spacial score (nSPS) is 49.7. The molecule has 10 aliphatic rings. The number of aliphatic hydroxyl groups excluding tert-OH is 27. The van der Waals surface area contributed by atoms with Gasteiger partial charge in [-0.25, -0.2) is 0 Å². The predicted molar refractivity (Wildman–Crippen MR) is 375 cm³/mol. The number of amides is 4. The highest BCUT2D eigenvalue weighted by Crippen LogP contribution is 2.40. The van der Waals surface area contributed by atoms with Gasteiger partial charge in [-0.1, -0.05) is 0 Å². The van der Waals surface area contributed by atoms with E-state index < -0.39 is 390 Å². The van der Waals surface area contributed by atoms with Crippen molar-refractivity contribution in [3.63, 3.8) is 0 Å². The van der Waals surface area contributed by atoms with Crippen LogP contribution in [-0.2, 0) is 109 Å². The van der Waals surface area contributed by atoms with Crippen LogP contribution >= 0.6 is 0 Å². The number of hydrogen-bond acceptors (Lipinski definition) is 50. The molecule has 706 valence electrons. The summed E-state index contributed by atoms with van der Waals surface area (Å²) in [5.41, 5.74) is 0. The zero-order chi connectivity index (χ0) is 89.8. The van der Waals surface area contributed by atoms with Crippen LogP contribution in [-0.4, -0.2) is 528 Å². The van der Waals surface area contributed by atoms with Gasteiger partial charge < -0.3 is 249 Å². The van der Waals surface area contributed by atoms with Gasteiger partial charge in [0.1, 0.15) is 238 Å². The van der Waals surface area contributed by atoms with E-state index in [1.54, 1.807) is 0 Å².